The summed E-state index contributed by atoms with van der Waals surface area (Å²) in [6.45, 7) is 0.683. The molecule has 3 aliphatic heterocycles. The van der Waals surface area contributed by atoms with Crippen LogP contribution < -0.4 is 4.90 Å². The van der Waals surface area contributed by atoms with Crippen molar-refractivity contribution in [1.82, 2.24) is 4.90 Å². The fourth-order valence-corrected chi connectivity index (χ4v) is 5.45. The van der Waals surface area contributed by atoms with Crippen LogP contribution in [0.25, 0.3) is 0 Å². The van der Waals surface area contributed by atoms with Gasteiger partial charge in [-0.2, -0.15) is 0 Å². The lowest BCUT2D eigenvalue weighted by molar-refractivity contribution is -0.117. The summed E-state index contributed by atoms with van der Waals surface area (Å²) < 4.78 is 13.3. The molecule has 3 heterocycles. The van der Waals surface area contributed by atoms with Gasteiger partial charge >= 0.3 is 0 Å². The van der Waals surface area contributed by atoms with Gasteiger partial charge in [-0.05, 0) is 67.9 Å². The van der Waals surface area contributed by atoms with Crippen LogP contribution in [-0.2, 0) is 4.79 Å². The molecule has 2 aromatic carbocycles. The number of nitrogens with zero attached hydrogens (tertiary/aromatic N) is 2. The lowest BCUT2D eigenvalue weighted by Gasteiger charge is -2.39. The van der Waals surface area contributed by atoms with Gasteiger partial charge in [0, 0.05) is 25.0 Å². The Hall–Kier alpha value is -2.69. The third kappa shape index (κ3) is 3.22. The molecule has 29 heavy (non-hydrogen) atoms. The van der Waals surface area contributed by atoms with Gasteiger partial charge in [0.1, 0.15) is 5.82 Å². The van der Waals surface area contributed by atoms with Crippen LogP contribution >= 0.6 is 0 Å². The first-order valence-corrected chi connectivity index (χ1v) is 10.6. The minimum Gasteiger partial charge on any atom is -0.333 e. The van der Waals surface area contributed by atoms with Crippen molar-refractivity contribution in [3.63, 3.8) is 0 Å². The normalized spacial score (nSPS) is 26.2. The summed E-state index contributed by atoms with van der Waals surface area (Å²) in [6, 6.07) is 14.7. The van der Waals surface area contributed by atoms with Crippen LogP contribution in [-0.4, -0.2) is 35.3 Å². The number of para-hydroxylation sites is 1. The number of carbonyl (C=O) groups excluding carboxylic acids is 2. The Balaban J connectivity index is 1.40. The standard InChI is InChI=1S/C24H25FN2O2/c25-18-9-7-16(8-10-18)17-14-19-11-12-20(15-17)27(19)24(29)21-4-1-2-5-22(21)26-13-3-6-23(26)28/h1-2,4-5,7-10,17,19-20H,3,6,11-15H2. The van der Waals surface area contributed by atoms with Crippen LogP contribution in [0.5, 0.6) is 0 Å². The summed E-state index contributed by atoms with van der Waals surface area (Å²) in [4.78, 5) is 29.7. The molecule has 4 nitrogen and oxygen atoms in total. The molecular weight excluding hydrogens is 367 g/mol. The van der Waals surface area contributed by atoms with E-state index in [4.69, 9.17) is 0 Å². The summed E-state index contributed by atoms with van der Waals surface area (Å²) in [6.07, 6.45) is 5.25. The molecule has 0 aromatic heterocycles. The quantitative estimate of drug-likeness (QED) is 0.771. The number of anilines is 1. The second-order valence-electron chi connectivity index (χ2n) is 8.48. The van der Waals surface area contributed by atoms with Crippen LogP contribution in [0.1, 0.15) is 60.4 Å². The number of hydrogen-bond acceptors (Lipinski definition) is 2. The first-order valence-electron chi connectivity index (χ1n) is 10.6. The molecule has 0 N–H and O–H groups in total. The third-order valence-corrected chi connectivity index (χ3v) is 6.81. The Labute approximate surface area is 170 Å². The van der Waals surface area contributed by atoms with Crippen LogP contribution in [0.15, 0.2) is 48.5 Å². The van der Waals surface area contributed by atoms with Gasteiger partial charge in [-0.3, -0.25) is 9.59 Å². The van der Waals surface area contributed by atoms with E-state index in [-0.39, 0.29) is 29.7 Å². The topological polar surface area (TPSA) is 40.6 Å². The molecule has 3 saturated heterocycles. The highest BCUT2D eigenvalue weighted by atomic mass is 19.1. The monoisotopic (exact) mass is 392 g/mol. The van der Waals surface area contributed by atoms with Crippen molar-refractivity contribution in [2.45, 2.75) is 56.5 Å². The lowest BCUT2D eigenvalue weighted by atomic mass is 9.84. The van der Waals surface area contributed by atoms with Gasteiger partial charge < -0.3 is 9.80 Å². The van der Waals surface area contributed by atoms with Crippen molar-refractivity contribution in [2.24, 2.45) is 0 Å². The highest BCUT2D eigenvalue weighted by molar-refractivity contribution is 6.05. The Kier molecular flexibility index (Phi) is 4.61. The molecule has 2 aromatic rings. The van der Waals surface area contributed by atoms with Crippen LogP contribution in [0, 0.1) is 5.82 Å². The maximum absolute atomic E-state index is 13.6. The molecule has 5 rings (SSSR count). The van der Waals surface area contributed by atoms with Gasteiger partial charge in [0.15, 0.2) is 0 Å². The van der Waals surface area contributed by atoms with Crippen molar-refractivity contribution in [3.05, 3.63) is 65.5 Å². The molecule has 2 atom stereocenters. The van der Waals surface area contributed by atoms with E-state index in [9.17, 15) is 14.0 Å². The number of amides is 2. The minimum absolute atomic E-state index is 0.0466. The Morgan fingerprint density at radius 1 is 0.966 bits per heavy atom. The molecule has 0 aliphatic carbocycles. The van der Waals surface area contributed by atoms with E-state index in [0.29, 0.717) is 24.4 Å². The second kappa shape index (κ2) is 7.29. The van der Waals surface area contributed by atoms with Crippen molar-refractivity contribution < 1.29 is 14.0 Å². The number of halogens is 1. The average molecular weight is 392 g/mol. The van der Waals surface area contributed by atoms with Crippen LogP contribution in [0.4, 0.5) is 10.1 Å². The molecule has 2 amide bonds. The summed E-state index contributed by atoms with van der Waals surface area (Å²) >= 11 is 0. The molecule has 3 fully saturated rings. The Bertz CT molecular complexity index is 928. The molecule has 2 unspecified atom stereocenters. The van der Waals surface area contributed by atoms with E-state index < -0.39 is 0 Å². The zero-order valence-corrected chi connectivity index (χ0v) is 16.4. The maximum atomic E-state index is 13.6. The van der Waals surface area contributed by atoms with Gasteiger partial charge in [-0.1, -0.05) is 24.3 Å². The fourth-order valence-electron chi connectivity index (χ4n) is 5.45. The molecule has 3 aliphatic rings. The molecule has 5 heteroatoms. The largest absolute Gasteiger partial charge is 0.333 e. The minimum atomic E-state index is -0.211. The smallest absolute Gasteiger partial charge is 0.256 e. The SMILES string of the molecule is O=C1CCCN1c1ccccc1C(=O)N1C2CCC1CC(c1ccc(F)cc1)C2. The van der Waals surface area contributed by atoms with Gasteiger partial charge in [0.25, 0.3) is 5.91 Å². The maximum Gasteiger partial charge on any atom is 0.256 e. The number of rotatable bonds is 3. The summed E-state index contributed by atoms with van der Waals surface area (Å²) in [5.74, 6) is 0.304. The van der Waals surface area contributed by atoms with E-state index in [2.05, 4.69) is 4.90 Å². The number of hydrogen-bond donors (Lipinski definition) is 0. The predicted octanol–water partition coefficient (Wildman–Crippen LogP) is 4.50. The van der Waals surface area contributed by atoms with Gasteiger partial charge in [-0.15, -0.1) is 0 Å². The fraction of sp³-hybridized carbons (Fsp3) is 0.417. The van der Waals surface area contributed by atoms with Crippen molar-refractivity contribution in [2.75, 3.05) is 11.4 Å². The number of benzene rings is 2. The van der Waals surface area contributed by atoms with E-state index in [1.165, 1.54) is 17.7 Å². The second-order valence-corrected chi connectivity index (χ2v) is 8.48. The number of fused-ring (bicyclic) bond motifs is 2. The Morgan fingerprint density at radius 3 is 2.31 bits per heavy atom. The van der Waals surface area contributed by atoms with Crippen LogP contribution in [0.2, 0.25) is 0 Å². The molecule has 2 bridgehead atoms. The van der Waals surface area contributed by atoms with E-state index in [1.807, 2.05) is 36.4 Å². The Morgan fingerprint density at radius 2 is 1.66 bits per heavy atom. The number of carbonyl (C=O) groups is 2. The van der Waals surface area contributed by atoms with Gasteiger partial charge in [-0.25, -0.2) is 4.39 Å². The summed E-state index contributed by atoms with van der Waals surface area (Å²) in [5, 5.41) is 0. The molecule has 0 spiro atoms. The lowest BCUT2D eigenvalue weighted by Crippen LogP contribution is -2.46. The van der Waals surface area contributed by atoms with Crippen LogP contribution in [0.3, 0.4) is 0 Å². The zero-order valence-electron chi connectivity index (χ0n) is 16.4. The first-order chi connectivity index (χ1) is 14.1. The third-order valence-electron chi connectivity index (χ3n) is 6.81. The highest BCUT2D eigenvalue weighted by Crippen LogP contribution is 2.44. The molecular formula is C24H25FN2O2. The van der Waals surface area contributed by atoms with Crippen molar-refractivity contribution in [1.29, 1.82) is 0 Å². The first kappa shape index (κ1) is 18.3. The van der Waals surface area contributed by atoms with E-state index in [0.717, 1.165) is 37.8 Å². The van der Waals surface area contributed by atoms with Gasteiger partial charge in [0.2, 0.25) is 5.91 Å². The summed E-state index contributed by atoms with van der Waals surface area (Å²) in [5.41, 5.74) is 2.55. The van der Waals surface area contributed by atoms with E-state index in [1.54, 1.807) is 4.90 Å². The number of piperidine rings is 1. The van der Waals surface area contributed by atoms with Gasteiger partial charge in [0.05, 0.1) is 11.3 Å². The predicted molar refractivity (Wildman–Crippen MR) is 109 cm³/mol. The van der Waals surface area contributed by atoms with E-state index >= 15 is 0 Å². The molecule has 150 valence electrons. The molecule has 0 radical (unpaired) electrons. The van der Waals surface area contributed by atoms with Crippen molar-refractivity contribution in [3.8, 4) is 0 Å². The zero-order chi connectivity index (χ0) is 20.0. The highest BCUT2D eigenvalue weighted by Gasteiger charge is 2.44. The van der Waals surface area contributed by atoms with Crippen molar-refractivity contribution >= 4 is 17.5 Å². The summed E-state index contributed by atoms with van der Waals surface area (Å²) in [7, 11) is 0. The average Bonchev–Trinajstić information content (AvgIpc) is 3.28. The molecule has 0 saturated carbocycles.